The molecule has 1 heterocycles. The minimum absolute atomic E-state index is 0.00716. The van der Waals surface area contributed by atoms with Crippen LogP contribution in [0.5, 0.6) is 0 Å². The lowest BCUT2D eigenvalue weighted by Gasteiger charge is -2.15. The topological polar surface area (TPSA) is 83.0 Å². The molecule has 1 atom stereocenters. The number of carbonyl (C=O) groups is 1. The minimum Gasteiger partial charge on any atom is -0.373 e. The number of halogens is 1. The summed E-state index contributed by atoms with van der Waals surface area (Å²) >= 11 is 6.00. The van der Waals surface area contributed by atoms with Gasteiger partial charge in [-0.1, -0.05) is 18.5 Å². The standard InChI is InChI=1S/C15H19ClN4O2/c1-4-12(22-3)15-18-14(8-13(17)21)19-20(15)11-6-5-10(16)7-9(11)2/h5-7,12H,4,8H2,1-3H3,(H2,17,21)/t12-/m1/s1. The summed E-state index contributed by atoms with van der Waals surface area (Å²) in [5, 5.41) is 5.06. The van der Waals surface area contributed by atoms with Gasteiger partial charge in [-0.05, 0) is 37.1 Å². The summed E-state index contributed by atoms with van der Waals surface area (Å²) in [6, 6.07) is 5.51. The highest BCUT2D eigenvalue weighted by atomic mass is 35.5. The lowest BCUT2D eigenvalue weighted by molar-refractivity contribution is -0.117. The Bertz CT molecular complexity index is 680. The van der Waals surface area contributed by atoms with Crippen LogP contribution in [-0.4, -0.2) is 27.8 Å². The van der Waals surface area contributed by atoms with E-state index >= 15 is 0 Å². The van der Waals surface area contributed by atoms with E-state index in [1.54, 1.807) is 17.9 Å². The van der Waals surface area contributed by atoms with Gasteiger partial charge in [0.25, 0.3) is 0 Å². The molecule has 0 aliphatic rings. The lowest BCUT2D eigenvalue weighted by Crippen LogP contribution is -2.14. The second-order valence-corrected chi connectivity index (χ2v) is 5.44. The molecule has 7 heteroatoms. The number of benzene rings is 1. The molecule has 2 aromatic rings. The molecule has 1 aromatic carbocycles. The van der Waals surface area contributed by atoms with Crippen molar-refractivity contribution in [3.63, 3.8) is 0 Å². The SMILES string of the molecule is CC[C@@H](OC)c1nc(CC(N)=O)nn1-c1ccc(Cl)cc1C. The number of amides is 1. The smallest absolute Gasteiger partial charge is 0.225 e. The first kappa shape index (κ1) is 16.5. The number of primary amides is 1. The molecule has 0 aliphatic heterocycles. The number of hydrogen-bond donors (Lipinski definition) is 1. The Hall–Kier alpha value is -1.92. The number of aromatic nitrogens is 3. The third kappa shape index (κ3) is 3.45. The van der Waals surface area contributed by atoms with Gasteiger partial charge in [0.1, 0.15) is 6.10 Å². The molecule has 0 aliphatic carbocycles. The van der Waals surface area contributed by atoms with Crippen LogP contribution < -0.4 is 5.73 Å². The van der Waals surface area contributed by atoms with Crippen LogP contribution in [0.15, 0.2) is 18.2 Å². The summed E-state index contributed by atoms with van der Waals surface area (Å²) in [4.78, 5) is 15.6. The Kier molecular flexibility index (Phi) is 5.15. The first-order valence-corrected chi connectivity index (χ1v) is 7.37. The number of carbonyl (C=O) groups excluding carboxylic acids is 1. The van der Waals surface area contributed by atoms with Crippen molar-refractivity contribution in [1.29, 1.82) is 0 Å². The molecule has 0 spiro atoms. The second-order valence-electron chi connectivity index (χ2n) is 5.00. The maximum absolute atomic E-state index is 11.1. The lowest BCUT2D eigenvalue weighted by atomic mass is 10.2. The summed E-state index contributed by atoms with van der Waals surface area (Å²) in [6.45, 7) is 3.93. The van der Waals surface area contributed by atoms with Crippen molar-refractivity contribution in [3.05, 3.63) is 40.4 Å². The van der Waals surface area contributed by atoms with Crippen molar-refractivity contribution in [2.24, 2.45) is 5.73 Å². The van der Waals surface area contributed by atoms with Gasteiger partial charge < -0.3 is 10.5 Å². The van der Waals surface area contributed by atoms with Crippen molar-refractivity contribution in [2.75, 3.05) is 7.11 Å². The van der Waals surface area contributed by atoms with E-state index in [2.05, 4.69) is 10.1 Å². The highest BCUT2D eigenvalue weighted by Gasteiger charge is 2.21. The van der Waals surface area contributed by atoms with Crippen molar-refractivity contribution in [1.82, 2.24) is 14.8 Å². The molecule has 0 fully saturated rings. The molecule has 0 saturated carbocycles. The van der Waals surface area contributed by atoms with Crippen LogP contribution >= 0.6 is 11.6 Å². The van der Waals surface area contributed by atoms with Gasteiger partial charge in [0.15, 0.2) is 11.6 Å². The number of nitrogens with zero attached hydrogens (tertiary/aromatic N) is 3. The number of hydrogen-bond acceptors (Lipinski definition) is 4. The molecule has 22 heavy (non-hydrogen) atoms. The second kappa shape index (κ2) is 6.89. The Labute approximate surface area is 134 Å². The van der Waals surface area contributed by atoms with E-state index in [1.807, 2.05) is 26.0 Å². The maximum atomic E-state index is 11.1. The van der Waals surface area contributed by atoms with Gasteiger partial charge in [-0.25, -0.2) is 9.67 Å². The van der Waals surface area contributed by atoms with Crippen LogP contribution in [0.2, 0.25) is 5.02 Å². The van der Waals surface area contributed by atoms with Gasteiger partial charge in [0.2, 0.25) is 5.91 Å². The van der Waals surface area contributed by atoms with E-state index in [1.165, 1.54) is 0 Å². The summed E-state index contributed by atoms with van der Waals surface area (Å²) in [5.41, 5.74) is 7.04. The third-order valence-corrected chi connectivity index (χ3v) is 3.57. The van der Waals surface area contributed by atoms with Gasteiger partial charge in [-0.2, -0.15) is 5.10 Å². The fraction of sp³-hybridized carbons (Fsp3) is 0.400. The fourth-order valence-corrected chi connectivity index (χ4v) is 2.52. The van der Waals surface area contributed by atoms with Crippen LogP contribution in [0.3, 0.4) is 0 Å². The summed E-state index contributed by atoms with van der Waals surface area (Å²) < 4.78 is 7.16. The van der Waals surface area contributed by atoms with E-state index in [0.29, 0.717) is 16.7 Å². The normalized spacial score (nSPS) is 12.4. The van der Waals surface area contributed by atoms with Crippen molar-refractivity contribution in [3.8, 4) is 5.69 Å². The molecule has 1 amide bonds. The third-order valence-electron chi connectivity index (χ3n) is 3.34. The largest absolute Gasteiger partial charge is 0.373 e. The molecule has 118 valence electrons. The number of rotatable bonds is 6. The molecule has 0 radical (unpaired) electrons. The van der Waals surface area contributed by atoms with Crippen LogP contribution in [0.25, 0.3) is 5.69 Å². The zero-order valence-corrected chi connectivity index (χ0v) is 13.6. The zero-order valence-electron chi connectivity index (χ0n) is 12.8. The van der Waals surface area contributed by atoms with Crippen molar-refractivity contribution >= 4 is 17.5 Å². The number of nitrogens with two attached hydrogens (primary N) is 1. The number of aryl methyl sites for hydroxylation is 1. The molecule has 2 rings (SSSR count). The molecule has 1 aromatic heterocycles. The average Bonchev–Trinajstić information content (AvgIpc) is 2.83. The number of ether oxygens (including phenoxy) is 1. The quantitative estimate of drug-likeness (QED) is 0.885. The minimum atomic E-state index is -0.470. The van der Waals surface area contributed by atoms with Gasteiger partial charge in [0.05, 0.1) is 12.1 Å². The first-order chi connectivity index (χ1) is 10.5. The maximum Gasteiger partial charge on any atom is 0.225 e. The van der Waals surface area contributed by atoms with E-state index in [4.69, 9.17) is 22.1 Å². The fourth-order valence-electron chi connectivity index (χ4n) is 2.30. The molecule has 6 nitrogen and oxygen atoms in total. The molecular formula is C15H19ClN4O2. The predicted octanol–water partition coefficient (Wildman–Crippen LogP) is 2.35. The molecule has 0 unspecified atom stereocenters. The van der Waals surface area contributed by atoms with E-state index < -0.39 is 5.91 Å². The predicted molar refractivity (Wildman–Crippen MR) is 84.0 cm³/mol. The van der Waals surface area contributed by atoms with Gasteiger partial charge in [0, 0.05) is 12.1 Å². The van der Waals surface area contributed by atoms with E-state index in [9.17, 15) is 4.79 Å². The Morgan fingerprint density at radius 3 is 2.77 bits per heavy atom. The highest BCUT2D eigenvalue weighted by molar-refractivity contribution is 6.30. The zero-order chi connectivity index (χ0) is 16.3. The average molecular weight is 323 g/mol. The summed E-state index contributed by atoms with van der Waals surface area (Å²) in [6.07, 6.45) is 0.508. The van der Waals surface area contributed by atoms with Crippen molar-refractivity contribution < 1.29 is 9.53 Å². The molecule has 0 saturated heterocycles. The van der Waals surface area contributed by atoms with Crippen LogP contribution in [0, 0.1) is 6.92 Å². The Morgan fingerprint density at radius 1 is 1.50 bits per heavy atom. The summed E-state index contributed by atoms with van der Waals surface area (Å²) in [7, 11) is 1.62. The van der Waals surface area contributed by atoms with E-state index in [0.717, 1.165) is 17.7 Å². The number of methoxy groups -OCH3 is 1. The Balaban J connectivity index is 2.56. The van der Waals surface area contributed by atoms with Crippen molar-refractivity contribution in [2.45, 2.75) is 32.8 Å². The highest BCUT2D eigenvalue weighted by Crippen LogP contribution is 2.25. The van der Waals surface area contributed by atoms with Crippen LogP contribution in [0.1, 0.15) is 36.7 Å². The Morgan fingerprint density at radius 2 is 2.23 bits per heavy atom. The molecule has 2 N–H and O–H groups in total. The molecule has 0 bridgehead atoms. The van der Waals surface area contributed by atoms with Crippen LogP contribution in [0.4, 0.5) is 0 Å². The van der Waals surface area contributed by atoms with E-state index in [-0.39, 0.29) is 12.5 Å². The summed E-state index contributed by atoms with van der Waals surface area (Å²) in [5.74, 6) is 0.556. The monoisotopic (exact) mass is 322 g/mol. The van der Waals surface area contributed by atoms with Gasteiger partial charge in [-0.15, -0.1) is 0 Å². The van der Waals surface area contributed by atoms with Gasteiger partial charge >= 0.3 is 0 Å². The first-order valence-electron chi connectivity index (χ1n) is 6.99. The molecular weight excluding hydrogens is 304 g/mol. The van der Waals surface area contributed by atoms with Gasteiger partial charge in [-0.3, -0.25) is 4.79 Å². The van der Waals surface area contributed by atoms with Crippen LogP contribution in [-0.2, 0) is 16.0 Å².